The SMILES string of the molecule is [AlH3].[CH-]=O.[Co]. The first-order chi connectivity index (χ1) is 1.00. The zero-order valence-electron chi connectivity index (χ0n) is 1.32. The average molecular weight is 118 g/mol. The molecule has 0 aliphatic rings. The van der Waals surface area contributed by atoms with Gasteiger partial charge in [0.05, 0.1) is 0 Å². The summed E-state index contributed by atoms with van der Waals surface area (Å²) >= 11 is 0. The van der Waals surface area contributed by atoms with E-state index in [-0.39, 0.29) is 34.1 Å². The zero-order chi connectivity index (χ0) is 2.00. The van der Waals surface area contributed by atoms with Crippen LogP contribution in [0.1, 0.15) is 0 Å². The summed E-state index contributed by atoms with van der Waals surface area (Å²) in [6, 6.07) is 0. The van der Waals surface area contributed by atoms with Crippen molar-refractivity contribution in [1.29, 1.82) is 0 Å². The van der Waals surface area contributed by atoms with E-state index in [4.69, 9.17) is 4.79 Å². The monoisotopic (exact) mass is 118 g/mol. The van der Waals surface area contributed by atoms with Crippen molar-refractivity contribution in [3.8, 4) is 0 Å². The minimum Gasteiger partial charge on any atom is -0.545 e. The van der Waals surface area contributed by atoms with E-state index in [1.807, 2.05) is 0 Å². The molecule has 0 heterocycles. The van der Waals surface area contributed by atoms with Crippen molar-refractivity contribution in [2.24, 2.45) is 0 Å². The first-order valence-corrected chi connectivity index (χ1v) is 0.236. The van der Waals surface area contributed by atoms with Crippen molar-refractivity contribution in [3.63, 3.8) is 0 Å². The number of hydrogen-bond acceptors (Lipinski definition) is 1. The van der Waals surface area contributed by atoms with Gasteiger partial charge in [0.15, 0.2) is 17.4 Å². The molecule has 0 bridgehead atoms. The van der Waals surface area contributed by atoms with E-state index in [0.717, 1.165) is 0 Å². The molecule has 0 atom stereocenters. The summed E-state index contributed by atoms with van der Waals surface area (Å²) in [7, 11) is 0. The first-order valence-electron chi connectivity index (χ1n) is 0.236. The van der Waals surface area contributed by atoms with Crippen molar-refractivity contribution < 1.29 is 21.6 Å². The standard InChI is InChI=1S/CHO.Al.Co.3H/c1-2;;;;;/h1H;;;;;/q-1;;;;;. The van der Waals surface area contributed by atoms with E-state index < -0.39 is 0 Å². The van der Waals surface area contributed by atoms with Crippen LogP contribution in [0, 0.1) is 0 Å². The molecule has 0 saturated carbocycles. The minimum atomic E-state index is 0. The number of carbonyl (C=O) groups excluding carboxylic acids is 1. The van der Waals surface area contributed by atoms with Crippen molar-refractivity contribution in [2.45, 2.75) is 0 Å². The van der Waals surface area contributed by atoms with Crippen molar-refractivity contribution in [3.05, 3.63) is 0 Å². The van der Waals surface area contributed by atoms with Gasteiger partial charge in [0, 0.05) is 16.8 Å². The molecular weight excluding hydrogens is 114 g/mol. The molecular formula is CH4AlCoO-. The molecule has 27 valence electrons. The summed E-state index contributed by atoms with van der Waals surface area (Å²) in [5.41, 5.74) is 0. The molecule has 1 radical (unpaired) electrons. The molecule has 3 heteroatoms. The fraction of sp³-hybridized carbons (Fsp3) is 0. The fourth-order valence-electron chi connectivity index (χ4n) is 0. The average Bonchev–Trinajstić information content (AvgIpc) is 1.00. The van der Waals surface area contributed by atoms with Crippen molar-refractivity contribution in [2.75, 3.05) is 0 Å². The minimum absolute atomic E-state index is 0. The van der Waals surface area contributed by atoms with Gasteiger partial charge < -0.3 is 4.79 Å². The Kier molecular flexibility index (Phi) is 300. The van der Waals surface area contributed by atoms with Crippen LogP contribution >= 0.6 is 0 Å². The van der Waals surface area contributed by atoms with Crippen LogP contribution in [0.4, 0.5) is 0 Å². The van der Waals surface area contributed by atoms with Crippen LogP contribution in [0.3, 0.4) is 0 Å². The van der Waals surface area contributed by atoms with Gasteiger partial charge in [0.1, 0.15) is 0 Å². The van der Waals surface area contributed by atoms with E-state index in [1.54, 1.807) is 0 Å². The van der Waals surface area contributed by atoms with Crippen LogP contribution in [-0.2, 0) is 21.6 Å². The van der Waals surface area contributed by atoms with E-state index >= 15 is 0 Å². The molecule has 0 aromatic rings. The van der Waals surface area contributed by atoms with E-state index in [1.165, 1.54) is 0 Å². The van der Waals surface area contributed by atoms with Crippen LogP contribution in [0.25, 0.3) is 0 Å². The smallest absolute Gasteiger partial charge is 0.187 e. The molecule has 0 rings (SSSR count). The first kappa shape index (κ1) is 22.2. The maximum atomic E-state index is 7.75. The Labute approximate surface area is 46.1 Å². The largest absolute Gasteiger partial charge is 0.545 e. The third-order valence-electron chi connectivity index (χ3n) is 0. The second kappa shape index (κ2) is 54.2. The summed E-state index contributed by atoms with van der Waals surface area (Å²) < 4.78 is 0. The predicted octanol–water partition coefficient (Wildman–Crippen LogP) is -1.46. The second-order valence-corrected chi connectivity index (χ2v) is 0. The second-order valence-electron chi connectivity index (χ2n) is 0. The normalized spacial score (nSPS) is 1.00. The maximum Gasteiger partial charge on any atom is 0.187 e. The number of rotatable bonds is 0. The Morgan fingerprint density at radius 3 is 1.25 bits per heavy atom. The predicted molar refractivity (Wildman–Crippen MR) is 16.7 cm³/mol. The summed E-state index contributed by atoms with van der Waals surface area (Å²) in [5, 5.41) is 0. The van der Waals surface area contributed by atoms with E-state index in [9.17, 15) is 0 Å². The van der Waals surface area contributed by atoms with Crippen molar-refractivity contribution >= 4 is 24.2 Å². The Morgan fingerprint density at radius 2 is 1.25 bits per heavy atom. The molecule has 0 saturated heterocycles. The summed E-state index contributed by atoms with van der Waals surface area (Å²) in [6.07, 6.45) is 0. The molecule has 0 aromatic carbocycles. The third-order valence-corrected chi connectivity index (χ3v) is 0. The summed E-state index contributed by atoms with van der Waals surface area (Å²) in [5.74, 6) is 0. The van der Waals surface area contributed by atoms with Gasteiger partial charge in [0.2, 0.25) is 0 Å². The van der Waals surface area contributed by atoms with Crippen LogP contribution in [-0.4, -0.2) is 24.2 Å². The molecule has 0 fully saturated rings. The third kappa shape index (κ3) is 15.7. The summed E-state index contributed by atoms with van der Waals surface area (Å²) in [6.45, 7) is 3.25. The Hall–Kier alpha value is 0.709. The molecule has 1 nitrogen and oxygen atoms in total. The van der Waals surface area contributed by atoms with Gasteiger partial charge in [-0.3, -0.25) is 6.79 Å². The summed E-state index contributed by atoms with van der Waals surface area (Å²) in [4.78, 5) is 7.75. The molecule has 0 aliphatic carbocycles. The Balaban J connectivity index is -0.00000000500. The van der Waals surface area contributed by atoms with Gasteiger partial charge >= 0.3 is 0 Å². The van der Waals surface area contributed by atoms with Gasteiger partial charge in [-0.15, -0.1) is 0 Å². The molecule has 0 N–H and O–H groups in total. The Morgan fingerprint density at radius 1 is 1.25 bits per heavy atom. The van der Waals surface area contributed by atoms with Crippen molar-refractivity contribution in [1.82, 2.24) is 0 Å². The van der Waals surface area contributed by atoms with Crippen LogP contribution < -0.4 is 0 Å². The Bertz CT molecular complexity index is 8.00. The molecule has 0 unspecified atom stereocenters. The molecule has 0 aliphatic heterocycles. The van der Waals surface area contributed by atoms with Gasteiger partial charge in [-0.05, 0) is 0 Å². The van der Waals surface area contributed by atoms with Gasteiger partial charge in [-0.2, -0.15) is 0 Å². The van der Waals surface area contributed by atoms with Crippen LogP contribution in [0.15, 0.2) is 0 Å². The zero-order valence-corrected chi connectivity index (χ0v) is 2.36. The van der Waals surface area contributed by atoms with Gasteiger partial charge in [-0.25, -0.2) is 0 Å². The van der Waals surface area contributed by atoms with Crippen LogP contribution in [0.5, 0.6) is 0 Å². The van der Waals surface area contributed by atoms with E-state index in [2.05, 4.69) is 6.79 Å². The topological polar surface area (TPSA) is 17.1 Å². The maximum absolute atomic E-state index is 7.75. The molecule has 0 amide bonds. The van der Waals surface area contributed by atoms with Crippen LogP contribution in [0.2, 0.25) is 0 Å². The quantitative estimate of drug-likeness (QED) is 0.216. The molecule has 0 spiro atoms. The molecule has 0 aromatic heterocycles. The van der Waals surface area contributed by atoms with Gasteiger partial charge in [-0.1, -0.05) is 0 Å². The number of hydrogen-bond donors (Lipinski definition) is 0. The molecule has 4 heavy (non-hydrogen) atoms. The van der Waals surface area contributed by atoms with E-state index in [0.29, 0.717) is 0 Å². The fourth-order valence-corrected chi connectivity index (χ4v) is 0. The van der Waals surface area contributed by atoms with Gasteiger partial charge in [0.25, 0.3) is 0 Å².